The summed E-state index contributed by atoms with van der Waals surface area (Å²) in [5, 5.41) is 0. The Morgan fingerprint density at radius 1 is 0.371 bits per heavy atom. The number of nitrogens with zero attached hydrogens (tertiary/aromatic N) is 1. The number of aryl methyl sites for hydroxylation is 1. The predicted octanol–water partition coefficient (Wildman–Crippen LogP) is 16.4. The maximum absolute atomic E-state index is 2.54. The fraction of sp³-hybridized carbons (Fsp3) is 0.213. The van der Waals surface area contributed by atoms with Gasteiger partial charge in [0.25, 0.3) is 0 Å². The van der Waals surface area contributed by atoms with E-state index in [0.29, 0.717) is 0 Å². The number of hydrogen-bond donors (Lipinski definition) is 0. The molecule has 1 nitrogen and oxygen atoms in total. The molecule has 0 atom stereocenters. The summed E-state index contributed by atoms with van der Waals surface area (Å²) in [6.45, 7) is 21.0. The lowest BCUT2D eigenvalue weighted by Crippen LogP contribution is -2.27. The normalized spacial score (nSPS) is 14.8. The van der Waals surface area contributed by atoms with Crippen LogP contribution in [0.1, 0.15) is 105 Å². The van der Waals surface area contributed by atoms with Gasteiger partial charge in [0.05, 0.1) is 11.1 Å². The van der Waals surface area contributed by atoms with Crippen LogP contribution in [-0.4, -0.2) is 0 Å². The van der Waals surface area contributed by atoms with Crippen molar-refractivity contribution in [2.45, 2.75) is 84.0 Å². The third-order valence-electron chi connectivity index (χ3n) is 14.5. The molecule has 3 aliphatic rings. The van der Waals surface area contributed by atoms with Crippen LogP contribution in [0.4, 0.5) is 17.1 Å². The standard InChI is InChI=1S/C61H55N/c1-38-22-24-39(25-23-38)44-16-12-15-21-57(44)62(43-28-32-47-45-17-10-13-19-51(45)60(8,9)54(47)37-43)42-29-33-53-50(36-42)46-18-11-14-20-52(46)61(53)55-34-40(58(2,3)4)26-30-48(55)49-31-27-41(35-56(49)61)59(5,6)7/h10-37H,1-9H3. The highest BCUT2D eigenvalue weighted by Gasteiger charge is 2.52. The smallest absolute Gasteiger partial charge is 0.0725 e. The summed E-state index contributed by atoms with van der Waals surface area (Å²) in [6, 6.07) is 65.3. The van der Waals surface area contributed by atoms with Gasteiger partial charge in [-0.05, 0) is 132 Å². The second-order valence-electron chi connectivity index (χ2n) is 20.7. The minimum Gasteiger partial charge on any atom is -0.310 e. The Bertz CT molecular complexity index is 3060. The van der Waals surface area contributed by atoms with Crippen LogP contribution >= 0.6 is 0 Å². The summed E-state index contributed by atoms with van der Waals surface area (Å²) >= 11 is 0. The molecule has 0 amide bonds. The first kappa shape index (κ1) is 38.5. The van der Waals surface area contributed by atoms with E-state index in [1.165, 1.54) is 94.6 Å². The SMILES string of the molecule is Cc1ccc(-c2ccccc2N(c2ccc3c(c2)-c2ccccc2C32c3cc(C(C)(C)C)ccc3-c3ccc(C(C)(C)C)cc32)c2ccc3c(c2)C(C)(C)c2ccccc2-3)cc1. The molecule has 304 valence electrons. The van der Waals surface area contributed by atoms with Gasteiger partial charge in [0.2, 0.25) is 0 Å². The van der Waals surface area contributed by atoms with E-state index >= 15 is 0 Å². The Labute approximate surface area is 368 Å². The van der Waals surface area contributed by atoms with Gasteiger partial charge in [-0.2, -0.15) is 0 Å². The van der Waals surface area contributed by atoms with Crippen LogP contribution in [0.15, 0.2) is 170 Å². The lowest BCUT2D eigenvalue weighted by molar-refractivity contribution is 0.586. The molecule has 0 aliphatic heterocycles. The van der Waals surface area contributed by atoms with Crippen LogP contribution in [0, 0.1) is 6.92 Å². The third kappa shape index (κ3) is 5.46. The van der Waals surface area contributed by atoms with Crippen LogP contribution < -0.4 is 4.90 Å². The quantitative estimate of drug-likeness (QED) is 0.171. The molecule has 8 aromatic rings. The van der Waals surface area contributed by atoms with E-state index < -0.39 is 5.41 Å². The summed E-state index contributed by atoms with van der Waals surface area (Å²) in [4.78, 5) is 2.52. The van der Waals surface area contributed by atoms with Crippen molar-refractivity contribution in [2.75, 3.05) is 4.90 Å². The van der Waals surface area contributed by atoms with E-state index in [1.807, 2.05) is 0 Å². The molecule has 62 heavy (non-hydrogen) atoms. The van der Waals surface area contributed by atoms with Crippen LogP contribution in [0.25, 0.3) is 44.5 Å². The van der Waals surface area contributed by atoms with Gasteiger partial charge in [0.1, 0.15) is 0 Å². The summed E-state index contributed by atoms with van der Waals surface area (Å²) in [6.07, 6.45) is 0. The van der Waals surface area contributed by atoms with E-state index in [9.17, 15) is 0 Å². The van der Waals surface area contributed by atoms with Gasteiger partial charge in [-0.3, -0.25) is 0 Å². The Hall–Kier alpha value is -6.44. The molecule has 3 aliphatic carbocycles. The zero-order chi connectivity index (χ0) is 42.9. The molecule has 0 bridgehead atoms. The van der Waals surface area contributed by atoms with Crippen LogP contribution in [0.2, 0.25) is 0 Å². The van der Waals surface area contributed by atoms with Crippen molar-refractivity contribution < 1.29 is 0 Å². The molecule has 0 N–H and O–H groups in total. The molecule has 0 unspecified atom stereocenters. The molecule has 0 radical (unpaired) electrons. The highest BCUT2D eigenvalue weighted by Crippen LogP contribution is 2.64. The molecule has 8 aromatic carbocycles. The number of benzene rings is 8. The minimum absolute atomic E-state index is 0.00348. The van der Waals surface area contributed by atoms with Gasteiger partial charge < -0.3 is 4.90 Å². The summed E-state index contributed by atoms with van der Waals surface area (Å²) in [5.74, 6) is 0. The number of hydrogen-bond acceptors (Lipinski definition) is 1. The third-order valence-corrected chi connectivity index (χ3v) is 14.5. The van der Waals surface area contributed by atoms with Gasteiger partial charge in [0, 0.05) is 22.4 Å². The Balaban J connectivity index is 1.18. The van der Waals surface area contributed by atoms with E-state index in [2.05, 4.69) is 237 Å². The fourth-order valence-electron chi connectivity index (χ4n) is 11.2. The topological polar surface area (TPSA) is 3.24 Å². The fourth-order valence-corrected chi connectivity index (χ4v) is 11.2. The molecule has 0 fully saturated rings. The Morgan fingerprint density at radius 3 is 1.47 bits per heavy atom. The van der Waals surface area contributed by atoms with Crippen molar-refractivity contribution in [3.8, 4) is 44.5 Å². The molecular weight excluding hydrogens is 747 g/mol. The van der Waals surface area contributed by atoms with Crippen LogP contribution in [0.5, 0.6) is 0 Å². The maximum atomic E-state index is 2.54. The zero-order valence-corrected chi connectivity index (χ0v) is 37.6. The van der Waals surface area contributed by atoms with Gasteiger partial charge >= 0.3 is 0 Å². The first-order valence-electron chi connectivity index (χ1n) is 22.4. The first-order chi connectivity index (χ1) is 29.7. The lowest BCUT2D eigenvalue weighted by atomic mass is 9.69. The van der Waals surface area contributed by atoms with Gasteiger partial charge in [-0.1, -0.05) is 200 Å². The largest absolute Gasteiger partial charge is 0.310 e. The van der Waals surface area contributed by atoms with E-state index in [0.717, 1.165) is 17.1 Å². The van der Waals surface area contributed by atoms with Crippen molar-refractivity contribution >= 4 is 17.1 Å². The lowest BCUT2D eigenvalue weighted by Gasteiger charge is -2.33. The molecule has 0 aromatic heterocycles. The summed E-state index contributed by atoms with van der Waals surface area (Å²) in [7, 11) is 0. The Kier molecular flexibility index (Phi) is 8.24. The number of fused-ring (bicyclic) bond motifs is 13. The van der Waals surface area contributed by atoms with E-state index in [1.54, 1.807) is 0 Å². The summed E-state index contributed by atoms with van der Waals surface area (Å²) < 4.78 is 0. The first-order valence-corrected chi connectivity index (χ1v) is 22.4. The Morgan fingerprint density at radius 2 is 0.839 bits per heavy atom. The minimum atomic E-state index is -0.453. The van der Waals surface area contributed by atoms with Gasteiger partial charge in [-0.25, -0.2) is 0 Å². The summed E-state index contributed by atoms with van der Waals surface area (Å²) in [5.41, 5.74) is 25.5. The van der Waals surface area contributed by atoms with Crippen LogP contribution in [-0.2, 0) is 21.7 Å². The van der Waals surface area contributed by atoms with E-state index in [4.69, 9.17) is 0 Å². The van der Waals surface area contributed by atoms with Crippen molar-refractivity contribution in [3.63, 3.8) is 0 Å². The number of anilines is 3. The highest BCUT2D eigenvalue weighted by molar-refractivity contribution is 5.98. The molecule has 0 heterocycles. The van der Waals surface area contributed by atoms with Crippen molar-refractivity contribution in [3.05, 3.63) is 220 Å². The van der Waals surface area contributed by atoms with Gasteiger partial charge in [-0.15, -0.1) is 0 Å². The van der Waals surface area contributed by atoms with Crippen molar-refractivity contribution in [1.29, 1.82) is 0 Å². The second kappa shape index (κ2) is 13.3. The number of para-hydroxylation sites is 1. The monoisotopic (exact) mass is 801 g/mol. The molecule has 11 rings (SSSR count). The molecule has 0 saturated heterocycles. The average molecular weight is 802 g/mol. The van der Waals surface area contributed by atoms with Crippen LogP contribution in [0.3, 0.4) is 0 Å². The average Bonchev–Trinajstić information content (AvgIpc) is 3.81. The van der Waals surface area contributed by atoms with E-state index in [-0.39, 0.29) is 16.2 Å². The molecule has 0 saturated carbocycles. The molecular formula is C61H55N. The van der Waals surface area contributed by atoms with Crippen molar-refractivity contribution in [2.24, 2.45) is 0 Å². The molecule has 1 heteroatoms. The second-order valence-corrected chi connectivity index (χ2v) is 20.7. The van der Waals surface area contributed by atoms with Gasteiger partial charge in [0.15, 0.2) is 0 Å². The maximum Gasteiger partial charge on any atom is 0.0725 e. The zero-order valence-electron chi connectivity index (χ0n) is 37.6. The predicted molar refractivity (Wildman–Crippen MR) is 263 cm³/mol. The number of rotatable bonds is 4. The highest BCUT2D eigenvalue weighted by atomic mass is 15.1. The van der Waals surface area contributed by atoms with Crippen molar-refractivity contribution in [1.82, 2.24) is 0 Å². The molecule has 1 spiro atoms.